The second kappa shape index (κ2) is 11.1. The summed E-state index contributed by atoms with van der Waals surface area (Å²) >= 11 is 0. The SMILES string of the molecule is CCCCCC(C)(OCC)C(=O)Nc1ccc(OCCCC)cc1. The van der Waals surface area contributed by atoms with E-state index in [0.717, 1.165) is 56.6 Å². The number of benzene rings is 1. The summed E-state index contributed by atoms with van der Waals surface area (Å²) in [5, 5.41) is 2.97. The van der Waals surface area contributed by atoms with Crippen molar-refractivity contribution < 1.29 is 14.3 Å². The lowest BCUT2D eigenvalue weighted by Crippen LogP contribution is -2.42. The molecule has 1 aromatic carbocycles. The number of rotatable bonds is 12. The summed E-state index contributed by atoms with van der Waals surface area (Å²) in [4.78, 5) is 12.6. The van der Waals surface area contributed by atoms with Crippen molar-refractivity contribution in [2.75, 3.05) is 18.5 Å². The summed E-state index contributed by atoms with van der Waals surface area (Å²) in [6, 6.07) is 7.52. The minimum Gasteiger partial charge on any atom is -0.494 e. The molecule has 136 valence electrons. The molecular formula is C20H33NO3. The molecule has 1 unspecified atom stereocenters. The van der Waals surface area contributed by atoms with Crippen molar-refractivity contribution in [2.24, 2.45) is 0 Å². The van der Waals surface area contributed by atoms with Crippen LogP contribution in [0.5, 0.6) is 5.75 Å². The molecule has 1 atom stereocenters. The Morgan fingerprint density at radius 1 is 1.04 bits per heavy atom. The highest BCUT2D eigenvalue weighted by atomic mass is 16.5. The topological polar surface area (TPSA) is 47.6 Å². The van der Waals surface area contributed by atoms with Crippen LogP contribution in [0.2, 0.25) is 0 Å². The number of nitrogens with one attached hydrogen (secondary N) is 1. The molecule has 0 saturated heterocycles. The maximum atomic E-state index is 12.6. The third kappa shape index (κ3) is 6.91. The van der Waals surface area contributed by atoms with E-state index in [1.54, 1.807) is 0 Å². The van der Waals surface area contributed by atoms with Gasteiger partial charge in [0, 0.05) is 12.3 Å². The highest BCUT2D eigenvalue weighted by Gasteiger charge is 2.33. The summed E-state index contributed by atoms with van der Waals surface area (Å²) in [5.74, 6) is 0.747. The van der Waals surface area contributed by atoms with Gasteiger partial charge >= 0.3 is 0 Å². The summed E-state index contributed by atoms with van der Waals surface area (Å²) in [6.07, 6.45) is 6.12. The normalized spacial score (nSPS) is 13.3. The van der Waals surface area contributed by atoms with Crippen LogP contribution in [0.15, 0.2) is 24.3 Å². The fourth-order valence-corrected chi connectivity index (χ4v) is 2.51. The van der Waals surface area contributed by atoms with Gasteiger partial charge in [0.1, 0.15) is 11.4 Å². The Labute approximate surface area is 146 Å². The van der Waals surface area contributed by atoms with Gasteiger partial charge < -0.3 is 14.8 Å². The van der Waals surface area contributed by atoms with E-state index in [2.05, 4.69) is 19.2 Å². The van der Waals surface area contributed by atoms with Crippen molar-refractivity contribution in [3.63, 3.8) is 0 Å². The third-order valence-corrected chi connectivity index (χ3v) is 4.08. The van der Waals surface area contributed by atoms with Crippen LogP contribution >= 0.6 is 0 Å². The standard InChI is InChI=1S/C20H33NO3/c1-5-8-10-15-20(4,24-7-3)19(22)21-17-11-13-18(14-12-17)23-16-9-6-2/h11-14H,5-10,15-16H2,1-4H3,(H,21,22). The molecule has 0 radical (unpaired) electrons. The predicted molar refractivity (Wildman–Crippen MR) is 99.6 cm³/mol. The molecule has 0 bridgehead atoms. The Hall–Kier alpha value is -1.55. The fraction of sp³-hybridized carbons (Fsp3) is 0.650. The molecule has 1 aromatic rings. The molecule has 0 aromatic heterocycles. The van der Waals surface area contributed by atoms with Crippen LogP contribution in [-0.2, 0) is 9.53 Å². The van der Waals surface area contributed by atoms with Crippen LogP contribution in [0.4, 0.5) is 5.69 Å². The second-order valence-corrected chi connectivity index (χ2v) is 6.30. The van der Waals surface area contributed by atoms with Crippen molar-refractivity contribution in [3.8, 4) is 5.75 Å². The maximum Gasteiger partial charge on any atom is 0.256 e. The Morgan fingerprint density at radius 3 is 2.29 bits per heavy atom. The molecule has 0 aliphatic heterocycles. The number of hydrogen-bond acceptors (Lipinski definition) is 3. The molecule has 1 amide bonds. The molecule has 1 N–H and O–H groups in total. The Morgan fingerprint density at radius 2 is 1.71 bits per heavy atom. The molecule has 0 aliphatic rings. The number of hydrogen-bond donors (Lipinski definition) is 1. The maximum absolute atomic E-state index is 12.6. The number of ether oxygens (including phenoxy) is 2. The van der Waals surface area contributed by atoms with Gasteiger partial charge in [0.2, 0.25) is 0 Å². The molecule has 0 spiro atoms. The van der Waals surface area contributed by atoms with Crippen molar-refractivity contribution in [2.45, 2.75) is 71.8 Å². The summed E-state index contributed by atoms with van der Waals surface area (Å²) in [6.45, 7) is 9.35. The predicted octanol–water partition coefficient (Wildman–Crippen LogP) is 5.18. The van der Waals surface area contributed by atoms with E-state index >= 15 is 0 Å². The van der Waals surface area contributed by atoms with Crippen LogP contribution in [0.1, 0.15) is 66.2 Å². The minimum atomic E-state index is -0.778. The number of carbonyl (C=O) groups is 1. The van der Waals surface area contributed by atoms with Gasteiger partial charge in [-0.15, -0.1) is 0 Å². The third-order valence-electron chi connectivity index (χ3n) is 4.08. The molecular weight excluding hydrogens is 302 g/mol. The summed E-state index contributed by atoms with van der Waals surface area (Å²) < 4.78 is 11.4. The molecule has 24 heavy (non-hydrogen) atoms. The van der Waals surface area contributed by atoms with Crippen molar-refractivity contribution in [1.82, 2.24) is 0 Å². The zero-order chi connectivity index (χ0) is 17.8. The lowest BCUT2D eigenvalue weighted by atomic mass is 9.96. The first-order valence-corrected chi connectivity index (χ1v) is 9.24. The average Bonchev–Trinajstić information content (AvgIpc) is 2.57. The Balaban J connectivity index is 2.62. The highest BCUT2D eigenvalue weighted by molar-refractivity contribution is 5.97. The molecule has 0 saturated carbocycles. The summed E-state index contributed by atoms with van der Waals surface area (Å²) in [7, 11) is 0. The van der Waals surface area contributed by atoms with Crippen LogP contribution in [0, 0.1) is 0 Å². The molecule has 0 heterocycles. The van der Waals surface area contributed by atoms with Crippen molar-refractivity contribution >= 4 is 11.6 Å². The van der Waals surface area contributed by atoms with Gasteiger partial charge in [-0.2, -0.15) is 0 Å². The van der Waals surface area contributed by atoms with Gasteiger partial charge in [-0.25, -0.2) is 0 Å². The van der Waals surface area contributed by atoms with Gasteiger partial charge in [0.05, 0.1) is 6.61 Å². The summed E-state index contributed by atoms with van der Waals surface area (Å²) in [5.41, 5.74) is -0.00973. The zero-order valence-corrected chi connectivity index (χ0v) is 15.7. The fourth-order valence-electron chi connectivity index (χ4n) is 2.51. The van der Waals surface area contributed by atoms with E-state index in [-0.39, 0.29) is 5.91 Å². The van der Waals surface area contributed by atoms with Gasteiger partial charge in [-0.05, 0) is 51.0 Å². The average molecular weight is 335 g/mol. The number of amides is 1. The first-order chi connectivity index (χ1) is 11.6. The number of unbranched alkanes of at least 4 members (excludes halogenated alkanes) is 3. The van der Waals surface area contributed by atoms with E-state index in [1.165, 1.54) is 0 Å². The second-order valence-electron chi connectivity index (χ2n) is 6.30. The number of carbonyl (C=O) groups excluding carboxylic acids is 1. The molecule has 1 rings (SSSR count). The van der Waals surface area contributed by atoms with Crippen LogP contribution in [0.3, 0.4) is 0 Å². The Kier molecular flexibility index (Phi) is 9.46. The molecule has 0 fully saturated rings. The zero-order valence-electron chi connectivity index (χ0n) is 15.7. The lowest BCUT2D eigenvalue weighted by molar-refractivity contribution is -0.139. The minimum absolute atomic E-state index is 0.0832. The molecule has 4 nitrogen and oxygen atoms in total. The van der Waals surface area contributed by atoms with E-state index in [9.17, 15) is 4.79 Å². The van der Waals surface area contributed by atoms with Crippen LogP contribution in [-0.4, -0.2) is 24.7 Å². The quantitative estimate of drug-likeness (QED) is 0.535. The number of anilines is 1. The highest BCUT2D eigenvalue weighted by Crippen LogP contribution is 2.23. The van der Waals surface area contributed by atoms with Crippen LogP contribution < -0.4 is 10.1 Å². The molecule has 0 aliphatic carbocycles. The van der Waals surface area contributed by atoms with E-state index < -0.39 is 5.60 Å². The largest absolute Gasteiger partial charge is 0.494 e. The first-order valence-electron chi connectivity index (χ1n) is 9.24. The van der Waals surface area contributed by atoms with Gasteiger partial charge in [-0.1, -0.05) is 39.5 Å². The monoisotopic (exact) mass is 335 g/mol. The van der Waals surface area contributed by atoms with Gasteiger partial charge in [0.25, 0.3) is 5.91 Å². The molecule has 4 heteroatoms. The van der Waals surface area contributed by atoms with Crippen LogP contribution in [0.25, 0.3) is 0 Å². The van der Waals surface area contributed by atoms with Crippen molar-refractivity contribution in [1.29, 1.82) is 0 Å². The van der Waals surface area contributed by atoms with E-state index in [4.69, 9.17) is 9.47 Å². The lowest BCUT2D eigenvalue weighted by Gasteiger charge is -2.28. The van der Waals surface area contributed by atoms with Gasteiger partial charge in [-0.3, -0.25) is 4.79 Å². The Bertz CT molecular complexity index is 472. The van der Waals surface area contributed by atoms with Gasteiger partial charge in [0.15, 0.2) is 0 Å². The first kappa shape index (κ1) is 20.5. The smallest absolute Gasteiger partial charge is 0.256 e. The van der Waals surface area contributed by atoms with E-state index in [0.29, 0.717) is 6.61 Å². The van der Waals surface area contributed by atoms with E-state index in [1.807, 2.05) is 38.1 Å². The van der Waals surface area contributed by atoms with Crippen molar-refractivity contribution in [3.05, 3.63) is 24.3 Å².